The average molecular weight is 624 g/mol. The smallest absolute Gasteiger partial charge is 0.0725 e. The van der Waals surface area contributed by atoms with E-state index in [0.29, 0.717) is 0 Å². The first kappa shape index (κ1) is 31.6. The number of nitrogens with zero attached hydrogens (tertiary/aromatic N) is 1. The van der Waals surface area contributed by atoms with Gasteiger partial charge in [-0.2, -0.15) is 0 Å². The van der Waals surface area contributed by atoms with Gasteiger partial charge in [0.05, 0.1) is 5.41 Å². The lowest BCUT2D eigenvalue weighted by Gasteiger charge is -2.35. The Hall–Kier alpha value is -5.01. The predicted molar refractivity (Wildman–Crippen MR) is 205 cm³/mol. The third kappa shape index (κ3) is 4.71. The number of rotatable bonds is 5. The number of aromatic nitrogens is 1. The Kier molecular flexibility index (Phi) is 8.25. The fourth-order valence-electron chi connectivity index (χ4n) is 8.30. The predicted octanol–water partition coefficient (Wildman–Crippen LogP) is 12.7. The van der Waals surface area contributed by atoms with Crippen LogP contribution in [0.2, 0.25) is 0 Å². The van der Waals surface area contributed by atoms with Gasteiger partial charge in [-0.05, 0) is 117 Å². The Labute approximate surface area is 287 Å². The van der Waals surface area contributed by atoms with Gasteiger partial charge in [0, 0.05) is 17.8 Å². The zero-order chi connectivity index (χ0) is 33.5. The average Bonchev–Trinajstić information content (AvgIpc) is 3.55. The summed E-state index contributed by atoms with van der Waals surface area (Å²) in [5.41, 5.74) is 18.0. The molecule has 0 aliphatic heterocycles. The van der Waals surface area contributed by atoms with E-state index in [2.05, 4.69) is 166 Å². The fraction of sp³-hybridized carbons (Fsp3) is 0.213. The highest BCUT2D eigenvalue weighted by atomic mass is 14.6. The van der Waals surface area contributed by atoms with Gasteiger partial charge in [0.2, 0.25) is 0 Å². The van der Waals surface area contributed by atoms with Crippen LogP contribution < -0.4 is 0 Å². The molecule has 1 nitrogen and oxygen atoms in total. The van der Waals surface area contributed by atoms with E-state index < -0.39 is 5.41 Å². The summed E-state index contributed by atoms with van der Waals surface area (Å²) in [6.07, 6.45) is 17.6. The summed E-state index contributed by atoms with van der Waals surface area (Å²) in [4.78, 5) is 4.64. The highest BCUT2D eigenvalue weighted by Gasteiger charge is 2.47. The van der Waals surface area contributed by atoms with Crippen LogP contribution in [0, 0.1) is 0 Å². The molecular formula is C47H45N. The van der Waals surface area contributed by atoms with Crippen LogP contribution in [-0.2, 0) is 10.8 Å². The van der Waals surface area contributed by atoms with Crippen molar-refractivity contribution in [3.05, 3.63) is 179 Å². The Morgan fingerprint density at radius 3 is 2.21 bits per heavy atom. The van der Waals surface area contributed by atoms with E-state index in [0.717, 1.165) is 12.8 Å². The molecule has 1 aromatic heterocycles. The summed E-state index contributed by atoms with van der Waals surface area (Å²) in [6.45, 7) is 13.1. The van der Waals surface area contributed by atoms with Gasteiger partial charge < -0.3 is 0 Å². The van der Waals surface area contributed by atoms with Gasteiger partial charge in [0.15, 0.2) is 0 Å². The first-order valence-electron chi connectivity index (χ1n) is 17.6. The minimum Gasteiger partial charge on any atom is -0.264 e. The molecule has 3 aliphatic carbocycles. The van der Waals surface area contributed by atoms with Gasteiger partial charge in [0.1, 0.15) is 0 Å². The van der Waals surface area contributed by atoms with Crippen molar-refractivity contribution in [3.63, 3.8) is 0 Å². The van der Waals surface area contributed by atoms with Crippen molar-refractivity contribution in [3.8, 4) is 33.4 Å². The highest BCUT2D eigenvalue weighted by molar-refractivity contribution is 5.96. The largest absolute Gasteiger partial charge is 0.264 e. The summed E-state index contributed by atoms with van der Waals surface area (Å²) in [5, 5.41) is 0. The Morgan fingerprint density at radius 1 is 0.688 bits per heavy atom. The molecule has 0 amide bonds. The normalized spacial score (nSPS) is 18.6. The molecule has 8 rings (SSSR count). The van der Waals surface area contributed by atoms with E-state index in [-0.39, 0.29) is 5.41 Å². The van der Waals surface area contributed by atoms with Crippen molar-refractivity contribution >= 4 is 5.57 Å². The summed E-state index contributed by atoms with van der Waals surface area (Å²) < 4.78 is 0. The maximum atomic E-state index is 4.64. The van der Waals surface area contributed by atoms with Gasteiger partial charge in [-0.15, -0.1) is 0 Å². The van der Waals surface area contributed by atoms with Crippen LogP contribution in [0.5, 0.6) is 0 Å². The molecule has 3 aliphatic rings. The van der Waals surface area contributed by atoms with Gasteiger partial charge in [0.25, 0.3) is 0 Å². The molecule has 0 saturated heterocycles. The first-order valence-corrected chi connectivity index (χ1v) is 17.6. The molecule has 0 saturated carbocycles. The molecule has 48 heavy (non-hydrogen) atoms. The van der Waals surface area contributed by atoms with E-state index >= 15 is 0 Å². The molecule has 0 N–H and O–H groups in total. The lowest BCUT2D eigenvalue weighted by atomic mass is 9.66. The van der Waals surface area contributed by atoms with E-state index in [9.17, 15) is 0 Å². The summed E-state index contributed by atoms with van der Waals surface area (Å²) >= 11 is 0. The molecular weight excluding hydrogens is 579 g/mol. The monoisotopic (exact) mass is 623 g/mol. The number of hydrogen-bond donors (Lipinski definition) is 0. The topological polar surface area (TPSA) is 12.9 Å². The van der Waals surface area contributed by atoms with Crippen molar-refractivity contribution in [2.24, 2.45) is 0 Å². The van der Waals surface area contributed by atoms with Crippen molar-refractivity contribution in [1.29, 1.82) is 0 Å². The number of fused-ring (bicyclic) bond motifs is 4. The van der Waals surface area contributed by atoms with Crippen LogP contribution in [-0.4, -0.2) is 4.98 Å². The van der Waals surface area contributed by atoms with Crippen LogP contribution in [0.15, 0.2) is 151 Å². The first-order chi connectivity index (χ1) is 23.5. The van der Waals surface area contributed by atoms with Crippen molar-refractivity contribution in [2.75, 3.05) is 0 Å². The van der Waals surface area contributed by atoms with E-state index in [1.807, 2.05) is 20.0 Å². The second-order valence-corrected chi connectivity index (χ2v) is 13.4. The highest BCUT2D eigenvalue weighted by Crippen LogP contribution is 2.59. The minimum absolute atomic E-state index is 0.000361. The summed E-state index contributed by atoms with van der Waals surface area (Å²) in [5.74, 6) is 0. The molecule has 1 heterocycles. The van der Waals surface area contributed by atoms with E-state index in [4.69, 9.17) is 0 Å². The van der Waals surface area contributed by atoms with Crippen molar-refractivity contribution in [1.82, 2.24) is 4.98 Å². The maximum Gasteiger partial charge on any atom is 0.0725 e. The fourth-order valence-corrected chi connectivity index (χ4v) is 8.30. The third-order valence-corrected chi connectivity index (χ3v) is 10.8. The number of allylic oxidation sites excluding steroid dienone is 8. The minimum atomic E-state index is -0.411. The SMILES string of the molecule is C/C=C\C1=C(C)C(C)(C)c2cc(-c3cccc(-c4cccc5c4-c4ccccc4C5(C4=CCCC=C4)c4cccnc4)c3)ccc21.CC. The number of pyridine rings is 1. The van der Waals surface area contributed by atoms with E-state index in [1.165, 1.54) is 77.9 Å². The second kappa shape index (κ2) is 12.5. The van der Waals surface area contributed by atoms with E-state index in [1.54, 1.807) is 0 Å². The van der Waals surface area contributed by atoms with Crippen molar-refractivity contribution in [2.45, 2.75) is 65.2 Å². The van der Waals surface area contributed by atoms with Crippen LogP contribution in [0.4, 0.5) is 0 Å². The van der Waals surface area contributed by atoms with Crippen LogP contribution in [0.25, 0.3) is 39.0 Å². The Balaban J connectivity index is 0.00000179. The maximum absolute atomic E-state index is 4.64. The lowest BCUT2D eigenvalue weighted by Crippen LogP contribution is -2.29. The van der Waals surface area contributed by atoms with Gasteiger partial charge >= 0.3 is 0 Å². The van der Waals surface area contributed by atoms with Gasteiger partial charge in [-0.1, -0.05) is 143 Å². The van der Waals surface area contributed by atoms with Crippen LogP contribution >= 0.6 is 0 Å². The summed E-state index contributed by atoms with van der Waals surface area (Å²) in [7, 11) is 0. The van der Waals surface area contributed by atoms with Crippen LogP contribution in [0.3, 0.4) is 0 Å². The molecule has 1 heteroatoms. The molecule has 1 unspecified atom stereocenters. The summed E-state index contributed by atoms with van der Waals surface area (Å²) in [6, 6.07) is 36.5. The zero-order valence-corrected chi connectivity index (χ0v) is 29.1. The molecule has 5 aromatic rings. The Morgan fingerprint density at radius 2 is 1.44 bits per heavy atom. The Bertz CT molecular complexity index is 2140. The zero-order valence-electron chi connectivity index (χ0n) is 29.1. The standard InChI is InChI=1S/C45H39N.C2H6/c1-5-14-36-30(2)44(3,4)42-28-32(24-25-38(36)42)31-15-11-16-33(27-31)37-21-12-23-41-43(37)39-20-9-10-22-40(39)45(41,34-17-7-6-8-18-34)35-19-13-26-46-29-35;1-2/h5,7,9-29H,6,8H2,1-4H3;1-2H3/b14-5-;. The molecule has 0 radical (unpaired) electrons. The molecule has 1 atom stereocenters. The third-order valence-electron chi connectivity index (χ3n) is 10.8. The molecule has 0 bridgehead atoms. The number of benzene rings is 4. The molecule has 0 fully saturated rings. The molecule has 4 aromatic carbocycles. The second-order valence-electron chi connectivity index (χ2n) is 13.4. The lowest BCUT2D eigenvalue weighted by molar-refractivity contribution is 0.639. The van der Waals surface area contributed by atoms with Crippen LogP contribution in [0.1, 0.15) is 82.2 Å². The molecule has 238 valence electrons. The number of hydrogen-bond acceptors (Lipinski definition) is 1. The quantitative estimate of drug-likeness (QED) is 0.190. The van der Waals surface area contributed by atoms with Crippen molar-refractivity contribution < 1.29 is 0 Å². The van der Waals surface area contributed by atoms with Gasteiger partial charge in [-0.3, -0.25) is 4.98 Å². The van der Waals surface area contributed by atoms with Gasteiger partial charge in [-0.25, -0.2) is 0 Å². The molecule has 0 spiro atoms.